The quantitative estimate of drug-likeness (QED) is 0.732. The Morgan fingerprint density at radius 3 is 2.71 bits per heavy atom. The molecule has 0 aliphatic heterocycles. The first-order valence-electron chi connectivity index (χ1n) is 4.53. The molecule has 14 heavy (non-hydrogen) atoms. The molecule has 0 bridgehead atoms. The Kier molecular flexibility index (Phi) is 3.00. The van der Waals surface area contributed by atoms with E-state index in [9.17, 15) is 4.79 Å². The van der Waals surface area contributed by atoms with Crippen LogP contribution in [-0.2, 0) is 18.3 Å². The predicted octanol–water partition coefficient (Wildman–Crippen LogP) is -0.0753. The molecule has 0 unspecified atom stereocenters. The van der Waals surface area contributed by atoms with Crippen LogP contribution in [0, 0.1) is 0 Å². The van der Waals surface area contributed by atoms with Crippen molar-refractivity contribution in [2.24, 2.45) is 7.05 Å². The Morgan fingerprint density at radius 2 is 2.29 bits per heavy atom. The van der Waals surface area contributed by atoms with E-state index in [1.54, 1.807) is 25.0 Å². The zero-order chi connectivity index (χ0) is 10.8. The van der Waals surface area contributed by atoms with E-state index in [1.807, 2.05) is 13.8 Å². The summed E-state index contributed by atoms with van der Waals surface area (Å²) in [6, 6.07) is 0. The number of hydrogen-bond donors (Lipinski definition) is 1. The number of aromatic nitrogens is 3. The second-order valence-corrected chi connectivity index (χ2v) is 3.86. The summed E-state index contributed by atoms with van der Waals surface area (Å²) in [6.45, 7) is 3.71. The molecular formula is C9H16N4O. The minimum atomic E-state index is -0.502. The summed E-state index contributed by atoms with van der Waals surface area (Å²) < 4.78 is 1.59. The molecule has 0 spiro atoms. The average molecular weight is 196 g/mol. The molecule has 1 aromatic rings. The lowest BCUT2D eigenvalue weighted by Gasteiger charge is -2.21. The smallest absolute Gasteiger partial charge is 0.158 e. The molecule has 0 atom stereocenters. The molecule has 0 saturated heterocycles. The number of nitrogens with zero attached hydrogens (tertiary/aromatic N) is 3. The van der Waals surface area contributed by atoms with Crippen LogP contribution < -0.4 is 5.32 Å². The van der Waals surface area contributed by atoms with Crippen LogP contribution in [0.25, 0.3) is 0 Å². The van der Waals surface area contributed by atoms with Crippen molar-refractivity contribution in [3.63, 3.8) is 0 Å². The molecule has 0 aromatic carbocycles. The summed E-state index contributed by atoms with van der Waals surface area (Å²) >= 11 is 0. The maximum atomic E-state index is 11.7. The molecule has 1 heterocycles. The van der Waals surface area contributed by atoms with E-state index in [4.69, 9.17) is 0 Å². The fourth-order valence-electron chi connectivity index (χ4n) is 1.00. The first-order chi connectivity index (χ1) is 6.45. The summed E-state index contributed by atoms with van der Waals surface area (Å²) in [7, 11) is 3.55. The molecule has 1 N–H and O–H groups in total. The number of Topliss-reactive ketones (excluding diaryl/α,β-unsaturated/α-hetero) is 1. The third-order valence-electron chi connectivity index (χ3n) is 2.31. The Bertz CT molecular complexity index is 329. The predicted molar refractivity (Wildman–Crippen MR) is 52.9 cm³/mol. The summed E-state index contributed by atoms with van der Waals surface area (Å²) in [5.41, 5.74) is 0.207. The van der Waals surface area contributed by atoms with Gasteiger partial charge in [0.1, 0.15) is 0 Å². The van der Waals surface area contributed by atoms with E-state index < -0.39 is 5.54 Å². The van der Waals surface area contributed by atoms with Crippen LogP contribution in [0.1, 0.15) is 19.5 Å². The van der Waals surface area contributed by atoms with Crippen LogP contribution in [0.3, 0.4) is 0 Å². The number of nitrogens with one attached hydrogen (secondary N) is 1. The van der Waals surface area contributed by atoms with Gasteiger partial charge in [0.2, 0.25) is 0 Å². The van der Waals surface area contributed by atoms with E-state index in [2.05, 4.69) is 15.6 Å². The minimum absolute atomic E-state index is 0.112. The van der Waals surface area contributed by atoms with Crippen LogP contribution in [0.5, 0.6) is 0 Å². The van der Waals surface area contributed by atoms with Gasteiger partial charge in [-0.15, -0.1) is 5.10 Å². The number of hydrogen-bond acceptors (Lipinski definition) is 4. The van der Waals surface area contributed by atoms with Crippen LogP contribution in [0.2, 0.25) is 0 Å². The van der Waals surface area contributed by atoms with Gasteiger partial charge in [-0.2, -0.15) is 0 Å². The lowest BCUT2D eigenvalue weighted by atomic mass is 9.96. The van der Waals surface area contributed by atoms with Crippen molar-refractivity contribution in [2.45, 2.75) is 25.8 Å². The second kappa shape index (κ2) is 3.88. The zero-order valence-corrected chi connectivity index (χ0v) is 9.03. The Labute approximate surface area is 83.5 Å². The van der Waals surface area contributed by atoms with E-state index in [1.165, 1.54) is 0 Å². The zero-order valence-electron chi connectivity index (χ0n) is 9.03. The van der Waals surface area contributed by atoms with Crippen LogP contribution >= 0.6 is 0 Å². The largest absolute Gasteiger partial charge is 0.308 e. The first-order valence-corrected chi connectivity index (χ1v) is 4.53. The third-order valence-corrected chi connectivity index (χ3v) is 2.31. The average Bonchev–Trinajstić information content (AvgIpc) is 2.51. The fraction of sp³-hybridized carbons (Fsp3) is 0.667. The van der Waals surface area contributed by atoms with Crippen molar-refractivity contribution in [3.8, 4) is 0 Å². The topological polar surface area (TPSA) is 59.8 Å². The molecule has 0 aliphatic carbocycles. The van der Waals surface area contributed by atoms with Crippen molar-refractivity contribution in [2.75, 3.05) is 7.05 Å². The highest BCUT2D eigenvalue weighted by Gasteiger charge is 2.25. The number of ketones is 1. The number of likely N-dealkylation sites (N-methyl/N-ethyl adjacent to an activating group) is 1. The SMILES string of the molecule is CNC(C)(C)C(=O)Cc1cn(C)nn1. The van der Waals surface area contributed by atoms with E-state index in [0.29, 0.717) is 12.1 Å². The van der Waals surface area contributed by atoms with Crippen molar-refractivity contribution < 1.29 is 4.79 Å². The number of carbonyl (C=O) groups is 1. The maximum Gasteiger partial charge on any atom is 0.158 e. The molecule has 1 rings (SSSR count). The monoisotopic (exact) mass is 196 g/mol. The summed E-state index contributed by atoms with van der Waals surface area (Å²) in [5, 5.41) is 10.6. The fourth-order valence-corrected chi connectivity index (χ4v) is 1.00. The van der Waals surface area contributed by atoms with Crippen LogP contribution in [0.15, 0.2) is 6.20 Å². The highest BCUT2D eigenvalue weighted by atomic mass is 16.1. The normalized spacial score (nSPS) is 11.7. The number of rotatable bonds is 4. The Hall–Kier alpha value is -1.23. The molecule has 0 amide bonds. The summed E-state index contributed by atoms with van der Waals surface area (Å²) in [6.07, 6.45) is 2.07. The third kappa shape index (κ3) is 2.38. The summed E-state index contributed by atoms with van der Waals surface area (Å²) in [5.74, 6) is 0.112. The highest BCUT2D eigenvalue weighted by molar-refractivity contribution is 5.88. The van der Waals surface area contributed by atoms with Crippen molar-refractivity contribution in [3.05, 3.63) is 11.9 Å². The first kappa shape index (κ1) is 10.8. The number of aryl methyl sites for hydroxylation is 1. The van der Waals surface area contributed by atoms with Gasteiger partial charge in [-0.3, -0.25) is 9.48 Å². The molecule has 0 aliphatic rings. The van der Waals surface area contributed by atoms with Crippen molar-refractivity contribution in [1.82, 2.24) is 20.3 Å². The van der Waals surface area contributed by atoms with Crippen LogP contribution in [0.4, 0.5) is 0 Å². The lowest BCUT2D eigenvalue weighted by Crippen LogP contribution is -2.45. The van der Waals surface area contributed by atoms with Crippen LogP contribution in [-0.4, -0.2) is 33.4 Å². The van der Waals surface area contributed by atoms with Gasteiger partial charge in [-0.25, -0.2) is 0 Å². The van der Waals surface area contributed by atoms with E-state index in [-0.39, 0.29) is 5.78 Å². The molecule has 0 saturated carbocycles. The van der Waals surface area contributed by atoms with Gasteiger partial charge in [0, 0.05) is 13.2 Å². The molecule has 0 fully saturated rings. The molecule has 5 heteroatoms. The van der Waals surface area contributed by atoms with Gasteiger partial charge < -0.3 is 5.32 Å². The van der Waals surface area contributed by atoms with Gasteiger partial charge in [0.05, 0.1) is 17.7 Å². The van der Waals surface area contributed by atoms with Crippen molar-refractivity contribution >= 4 is 5.78 Å². The van der Waals surface area contributed by atoms with Gasteiger partial charge in [0.25, 0.3) is 0 Å². The van der Waals surface area contributed by atoms with E-state index >= 15 is 0 Å². The highest BCUT2D eigenvalue weighted by Crippen LogP contribution is 2.07. The molecular weight excluding hydrogens is 180 g/mol. The minimum Gasteiger partial charge on any atom is -0.308 e. The summed E-state index contributed by atoms with van der Waals surface area (Å²) in [4.78, 5) is 11.7. The van der Waals surface area contributed by atoms with Crippen molar-refractivity contribution in [1.29, 1.82) is 0 Å². The van der Waals surface area contributed by atoms with Gasteiger partial charge in [-0.05, 0) is 20.9 Å². The maximum absolute atomic E-state index is 11.7. The number of carbonyl (C=O) groups excluding carboxylic acids is 1. The second-order valence-electron chi connectivity index (χ2n) is 3.86. The molecule has 1 aromatic heterocycles. The molecule has 0 radical (unpaired) electrons. The van der Waals surface area contributed by atoms with E-state index in [0.717, 1.165) is 0 Å². The van der Waals surface area contributed by atoms with Gasteiger partial charge in [-0.1, -0.05) is 5.21 Å². The molecule has 5 nitrogen and oxygen atoms in total. The lowest BCUT2D eigenvalue weighted by molar-refractivity contribution is -0.123. The van der Waals surface area contributed by atoms with Gasteiger partial charge in [0.15, 0.2) is 5.78 Å². The standard InChI is InChI=1S/C9H16N4O/c1-9(2,10-3)8(14)5-7-6-13(4)12-11-7/h6,10H,5H2,1-4H3. The Morgan fingerprint density at radius 1 is 1.64 bits per heavy atom. The Balaban J connectivity index is 2.66. The molecule has 78 valence electrons. The van der Waals surface area contributed by atoms with Gasteiger partial charge >= 0.3 is 0 Å².